The van der Waals surface area contributed by atoms with Crippen LogP contribution in [0.15, 0.2) is 54.6 Å². The number of hydrogen-bond donors (Lipinski definition) is 1. The van der Waals surface area contributed by atoms with Crippen LogP contribution >= 0.6 is 0 Å². The molecule has 28 heavy (non-hydrogen) atoms. The quantitative estimate of drug-likeness (QED) is 0.721. The first-order valence-electron chi connectivity index (χ1n) is 9.68. The molecule has 0 spiro atoms. The van der Waals surface area contributed by atoms with Gasteiger partial charge in [0.25, 0.3) is 5.91 Å². The van der Waals surface area contributed by atoms with E-state index in [9.17, 15) is 9.59 Å². The maximum Gasteiger partial charge on any atom is 0.261 e. The molecule has 1 N–H and O–H groups in total. The van der Waals surface area contributed by atoms with E-state index in [1.165, 1.54) is 0 Å². The van der Waals surface area contributed by atoms with E-state index in [1.54, 1.807) is 24.0 Å². The molecule has 0 aliphatic heterocycles. The van der Waals surface area contributed by atoms with Crippen LogP contribution in [0.1, 0.15) is 31.9 Å². The van der Waals surface area contributed by atoms with Crippen LogP contribution in [-0.2, 0) is 16.1 Å². The summed E-state index contributed by atoms with van der Waals surface area (Å²) in [6, 6.07) is 16.5. The standard InChI is InChI=1S/C23H30N2O3/c1-17(2)14-24-23(27)19(4)25(15-20-11-9-8-10-18(20)3)22(26)16-28-21-12-6-5-7-13-21/h5-13,17,19H,14-16H2,1-4H3,(H,24,27)/t19-/m1/s1. The Morgan fingerprint density at radius 3 is 2.29 bits per heavy atom. The number of carbonyl (C=O) groups is 2. The Morgan fingerprint density at radius 2 is 1.64 bits per heavy atom. The topological polar surface area (TPSA) is 58.6 Å². The van der Waals surface area contributed by atoms with Crippen LogP contribution in [0, 0.1) is 12.8 Å². The van der Waals surface area contributed by atoms with Crippen molar-refractivity contribution in [2.75, 3.05) is 13.2 Å². The number of rotatable bonds is 9. The lowest BCUT2D eigenvalue weighted by molar-refractivity contribution is -0.142. The molecule has 1 atom stereocenters. The van der Waals surface area contributed by atoms with Gasteiger partial charge in [0.1, 0.15) is 11.8 Å². The van der Waals surface area contributed by atoms with E-state index < -0.39 is 6.04 Å². The first-order valence-corrected chi connectivity index (χ1v) is 9.68. The number of amides is 2. The number of nitrogens with one attached hydrogen (secondary N) is 1. The fraction of sp³-hybridized carbons (Fsp3) is 0.391. The Hall–Kier alpha value is -2.82. The summed E-state index contributed by atoms with van der Waals surface area (Å²) in [6.07, 6.45) is 0. The second-order valence-electron chi connectivity index (χ2n) is 7.36. The van der Waals surface area contributed by atoms with Gasteiger partial charge in [-0.1, -0.05) is 56.3 Å². The van der Waals surface area contributed by atoms with Gasteiger partial charge in [-0.15, -0.1) is 0 Å². The van der Waals surface area contributed by atoms with Gasteiger partial charge in [-0.2, -0.15) is 0 Å². The molecule has 0 aliphatic carbocycles. The van der Waals surface area contributed by atoms with Gasteiger partial charge in [0.2, 0.25) is 5.91 Å². The normalized spacial score (nSPS) is 11.8. The summed E-state index contributed by atoms with van der Waals surface area (Å²) >= 11 is 0. The van der Waals surface area contributed by atoms with Crippen LogP contribution in [0.2, 0.25) is 0 Å². The molecule has 0 unspecified atom stereocenters. The number of nitrogens with zero attached hydrogens (tertiary/aromatic N) is 1. The Kier molecular flexibility index (Phi) is 8.05. The third-order valence-corrected chi connectivity index (χ3v) is 4.56. The maximum absolute atomic E-state index is 12.9. The molecule has 150 valence electrons. The van der Waals surface area contributed by atoms with Gasteiger partial charge in [0.05, 0.1) is 0 Å². The zero-order valence-corrected chi connectivity index (χ0v) is 17.1. The van der Waals surface area contributed by atoms with E-state index in [-0.39, 0.29) is 18.4 Å². The molecule has 0 saturated heterocycles. The van der Waals surface area contributed by atoms with E-state index >= 15 is 0 Å². The zero-order chi connectivity index (χ0) is 20.5. The van der Waals surface area contributed by atoms with Crippen LogP contribution in [0.5, 0.6) is 5.75 Å². The van der Waals surface area contributed by atoms with Crippen molar-refractivity contribution in [3.05, 3.63) is 65.7 Å². The van der Waals surface area contributed by atoms with E-state index in [2.05, 4.69) is 5.32 Å². The number of para-hydroxylation sites is 1. The molecule has 0 saturated carbocycles. The molecule has 5 nitrogen and oxygen atoms in total. The summed E-state index contributed by atoms with van der Waals surface area (Å²) < 4.78 is 5.62. The van der Waals surface area contributed by atoms with Crippen LogP contribution in [0.4, 0.5) is 0 Å². The van der Waals surface area contributed by atoms with Crippen LogP contribution < -0.4 is 10.1 Å². The molecule has 2 aromatic rings. The fourth-order valence-electron chi connectivity index (χ4n) is 2.75. The van der Waals surface area contributed by atoms with Crippen molar-refractivity contribution in [1.29, 1.82) is 0 Å². The molecule has 0 aliphatic rings. The molecule has 0 aromatic heterocycles. The third kappa shape index (κ3) is 6.41. The van der Waals surface area contributed by atoms with E-state index in [1.807, 2.05) is 63.2 Å². The van der Waals surface area contributed by atoms with Gasteiger partial charge >= 0.3 is 0 Å². The molecule has 0 bridgehead atoms. The van der Waals surface area contributed by atoms with Gasteiger partial charge in [-0.3, -0.25) is 9.59 Å². The highest BCUT2D eigenvalue weighted by molar-refractivity contribution is 5.88. The van der Waals surface area contributed by atoms with Crippen molar-refractivity contribution >= 4 is 11.8 Å². The van der Waals surface area contributed by atoms with Crippen molar-refractivity contribution in [2.45, 2.75) is 40.3 Å². The molecule has 2 rings (SSSR count). The molecule has 2 amide bonds. The highest BCUT2D eigenvalue weighted by Crippen LogP contribution is 2.15. The monoisotopic (exact) mass is 382 g/mol. The Morgan fingerprint density at radius 1 is 1.00 bits per heavy atom. The molecule has 0 radical (unpaired) electrons. The highest BCUT2D eigenvalue weighted by atomic mass is 16.5. The van der Waals surface area contributed by atoms with Gasteiger partial charge in [-0.05, 0) is 43.0 Å². The van der Waals surface area contributed by atoms with Crippen LogP contribution in [-0.4, -0.2) is 35.9 Å². The van der Waals surface area contributed by atoms with Gasteiger partial charge in [-0.25, -0.2) is 0 Å². The second kappa shape index (κ2) is 10.5. The maximum atomic E-state index is 12.9. The second-order valence-corrected chi connectivity index (χ2v) is 7.36. The predicted octanol–water partition coefficient (Wildman–Crippen LogP) is 3.56. The highest BCUT2D eigenvalue weighted by Gasteiger charge is 2.26. The molecular formula is C23H30N2O3. The predicted molar refractivity (Wildman–Crippen MR) is 111 cm³/mol. The van der Waals surface area contributed by atoms with Crippen molar-refractivity contribution < 1.29 is 14.3 Å². The third-order valence-electron chi connectivity index (χ3n) is 4.56. The molecular weight excluding hydrogens is 352 g/mol. The summed E-state index contributed by atoms with van der Waals surface area (Å²) in [6.45, 7) is 8.66. The summed E-state index contributed by atoms with van der Waals surface area (Å²) in [5.41, 5.74) is 2.10. The SMILES string of the molecule is Cc1ccccc1CN(C(=O)COc1ccccc1)[C@H](C)C(=O)NCC(C)C. The van der Waals surface area contributed by atoms with Crippen molar-refractivity contribution in [2.24, 2.45) is 5.92 Å². The van der Waals surface area contributed by atoms with Crippen molar-refractivity contribution in [3.63, 3.8) is 0 Å². The lowest BCUT2D eigenvalue weighted by Gasteiger charge is -2.29. The largest absolute Gasteiger partial charge is 0.484 e. The first kappa shape index (κ1) is 21.5. The zero-order valence-electron chi connectivity index (χ0n) is 17.1. The lowest BCUT2D eigenvalue weighted by atomic mass is 10.1. The van der Waals surface area contributed by atoms with E-state index in [4.69, 9.17) is 4.74 Å². The van der Waals surface area contributed by atoms with Crippen LogP contribution in [0.3, 0.4) is 0 Å². The van der Waals surface area contributed by atoms with Gasteiger partial charge < -0.3 is 15.0 Å². The Labute approximate surface area is 167 Å². The van der Waals surface area contributed by atoms with Crippen molar-refractivity contribution in [1.82, 2.24) is 10.2 Å². The molecule has 5 heteroatoms. The Balaban J connectivity index is 2.13. The molecule has 0 fully saturated rings. The minimum Gasteiger partial charge on any atom is -0.484 e. The number of carbonyl (C=O) groups excluding carboxylic acids is 2. The number of benzene rings is 2. The average Bonchev–Trinajstić information content (AvgIpc) is 2.69. The summed E-state index contributed by atoms with van der Waals surface area (Å²) in [5, 5.41) is 2.92. The summed E-state index contributed by atoms with van der Waals surface area (Å²) in [7, 11) is 0. The number of ether oxygens (including phenoxy) is 1. The van der Waals surface area contributed by atoms with E-state index in [0.29, 0.717) is 24.8 Å². The summed E-state index contributed by atoms with van der Waals surface area (Å²) in [4.78, 5) is 27.1. The molecule has 2 aromatic carbocycles. The minimum atomic E-state index is -0.592. The number of hydrogen-bond acceptors (Lipinski definition) is 3. The fourth-order valence-corrected chi connectivity index (χ4v) is 2.75. The van der Waals surface area contributed by atoms with E-state index in [0.717, 1.165) is 11.1 Å². The van der Waals surface area contributed by atoms with Gasteiger partial charge in [0, 0.05) is 13.1 Å². The smallest absolute Gasteiger partial charge is 0.261 e. The summed E-state index contributed by atoms with van der Waals surface area (Å²) in [5.74, 6) is 0.594. The average molecular weight is 383 g/mol. The first-order chi connectivity index (χ1) is 13.4. The van der Waals surface area contributed by atoms with Crippen molar-refractivity contribution in [3.8, 4) is 5.75 Å². The van der Waals surface area contributed by atoms with Crippen LogP contribution in [0.25, 0.3) is 0 Å². The molecule has 0 heterocycles. The number of aryl methyl sites for hydroxylation is 1. The Bertz CT molecular complexity index is 774. The van der Waals surface area contributed by atoms with Gasteiger partial charge in [0.15, 0.2) is 6.61 Å². The lowest BCUT2D eigenvalue weighted by Crippen LogP contribution is -2.49. The minimum absolute atomic E-state index is 0.113.